The van der Waals surface area contributed by atoms with Gasteiger partial charge in [-0.3, -0.25) is 48.5 Å². The molecule has 0 aromatic heterocycles. The van der Waals surface area contributed by atoms with E-state index in [1.165, 1.54) is 69.2 Å². The van der Waals surface area contributed by atoms with E-state index in [0.717, 1.165) is 10.8 Å². The van der Waals surface area contributed by atoms with Crippen LogP contribution in [0.25, 0.3) is 10.8 Å². The third kappa shape index (κ3) is 12.6. The number of carbonyl (C=O) groups is 9. The predicted octanol–water partition coefficient (Wildman–Crippen LogP) is 2.43. The Balaban J connectivity index is 1.49. The average Bonchev–Trinajstić information content (AvgIpc) is 3.27. The molecule has 0 radical (unpaired) electrons. The molecule has 0 bridgehead atoms. The van der Waals surface area contributed by atoms with Gasteiger partial charge in [-0.2, -0.15) is 0 Å². The molecule has 360 valence electrons. The number of hydrogen-bond acceptors (Lipinski definition) is 10. The van der Waals surface area contributed by atoms with Crippen LogP contribution in [0.4, 0.5) is 0 Å². The monoisotopic (exact) mass is 930 g/mol. The van der Waals surface area contributed by atoms with Gasteiger partial charge in [0.25, 0.3) is 0 Å². The van der Waals surface area contributed by atoms with Crippen molar-refractivity contribution >= 4 is 64.2 Å². The molecule has 17 heteroatoms. The molecule has 1 fully saturated rings. The van der Waals surface area contributed by atoms with Gasteiger partial charge < -0.3 is 37.2 Å². The molecular formula is C51H62N8O9. The summed E-state index contributed by atoms with van der Waals surface area (Å²) in [7, 11) is 0. The van der Waals surface area contributed by atoms with Crippen LogP contribution in [0.5, 0.6) is 0 Å². The van der Waals surface area contributed by atoms with Crippen molar-refractivity contribution < 1.29 is 43.2 Å². The minimum Gasteiger partial charge on any atom is -0.343 e. The normalized spacial score (nSPS) is 23.9. The van der Waals surface area contributed by atoms with Crippen LogP contribution in [0.1, 0.15) is 96.3 Å². The number of ketones is 1. The summed E-state index contributed by atoms with van der Waals surface area (Å²) >= 11 is 0. The van der Waals surface area contributed by atoms with Gasteiger partial charge in [0.05, 0.1) is 5.54 Å². The molecule has 1 heterocycles. The first-order valence-corrected chi connectivity index (χ1v) is 22.3. The van der Waals surface area contributed by atoms with Crippen LogP contribution < -0.4 is 42.5 Å². The van der Waals surface area contributed by atoms with Crippen LogP contribution in [-0.4, -0.2) is 99.4 Å². The molecule has 4 atom stereocenters. The maximum Gasteiger partial charge on any atom is 0.246 e. The molecular weight excluding hydrogens is 869 g/mol. The van der Waals surface area contributed by atoms with Gasteiger partial charge in [-0.25, -0.2) is 0 Å². The van der Waals surface area contributed by atoms with E-state index in [1.807, 2.05) is 42.5 Å². The van der Waals surface area contributed by atoms with Crippen molar-refractivity contribution in [3.05, 3.63) is 119 Å². The Morgan fingerprint density at radius 3 is 1.51 bits per heavy atom. The van der Waals surface area contributed by atoms with Crippen molar-refractivity contribution in [2.24, 2.45) is 0 Å². The molecule has 4 unspecified atom stereocenters. The number of rotatable bonds is 7. The second-order valence-corrected chi connectivity index (χ2v) is 19.5. The molecule has 0 saturated carbocycles. The molecule has 4 aromatic rings. The molecule has 1 aliphatic rings. The Morgan fingerprint density at radius 2 is 0.956 bits per heavy atom. The smallest absolute Gasteiger partial charge is 0.246 e. The van der Waals surface area contributed by atoms with Crippen LogP contribution in [0, 0.1) is 0 Å². The largest absolute Gasteiger partial charge is 0.343 e. The van der Waals surface area contributed by atoms with Gasteiger partial charge in [-0.1, -0.05) is 97.1 Å². The van der Waals surface area contributed by atoms with E-state index in [9.17, 15) is 43.2 Å². The molecule has 1 aliphatic heterocycles. The highest BCUT2D eigenvalue weighted by Gasteiger charge is 2.45. The van der Waals surface area contributed by atoms with Crippen molar-refractivity contribution in [2.75, 3.05) is 0 Å². The lowest BCUT2D eigenvalue weighted by atomic mass is 9.92. The van der Waals surface area contributed by atoms with Crippen molar-refractivity contribution in [3.8, 4) is 0 Å². The molecule has 4 aromatic carbocycles. The third-order valence-electron chi connectivity index (χ3n) is 11.7. The predicted molar refractivity (Wildman–Crippen MR) is 256 cm³/mol. The van der Waals surface area contributed by atoms with Crippen molar-refractivity contribution in [1.82, 2.24) is 42.5 Å². The quantitative estimate of drug-likeness (QED) is 0.0994. The van der Waals surface area contributed by atoms with Gasteiger partial charge in [0.2, 0.25) is 41.4 Å². The van der Waals surface area contributed by atoms with E-state index in [2.05, 4.69) is 42.5 Å². The number of amides is 7. The fourth-order valence-electron chi connectivity index (χ4n) is 7.48. The summed E-state index contributed by atoms with van der Waals surface area (Å²) in [5.74, 6) is -5.73. The Kier molecular flexibility index (Phi) is 15.4. The minimum atomic E-state index is -2.06. The lowest BCUT2D eigenvalue weighted by Crippen LogP contribution is -2.73. The van der Waals surface area contributed by atoms with Gasteiger partial charge in [0.1, 0.15) is 34.7 Å². The zero-order valence-electron chi connectivity index (χ0n) is 40.1. The van der Waals surface area contributed by atoms with Crippen LogP contribution in [0.3, 0.4) is 0 Å². The first kappa shape index (κ1) is 51.7. The van der Waals surface area contributed by atoms with Gasteiger partial charge in [0.15, 0.2) is 17.7 Å². The summed E-state index contributed by atoms with van der Waals surface area (Å²) in [6.45, 7) is 14.1. The Hall–Kier alpha value is -7.27. The summed E-state index contributed by atoms with van der Waals surface area (Å²) in [5, 5.41) is 23.4. The molecule has 7 amide bonds. The van der Waals surface area contributed by atoms with Crippen molar-refractivity contribution in [2.45, 2.75) is 128 Å². The summed E-state index contributed by atoms with van der Waals surface area (Å²) in [6.07, 6.45) is 0.124. The molecule has 8 N–H and O–H groups in total. The highest BCUT2D eigenvalue weighted by molar-refractivity contribution is 6.09. The second kappa shape index (κ2) is 20.3. The minimum absolute atomic E-state index is 0.0177. The highest BCUT2D eigenvalue weighted by Crippen LogP contribution is 2.21. The van der Waals surface area contributed by atoms with Gasteiger partial charge >= 0.3 is 0 Å². The number of hydrogen-bond donors (Lipinski definition) is 8. The van der Waals surface area contributed by atoms with Crippen molar-refractivity contribution in [3.63, 3.8) is 0 Å². The average molecular weight is 931 g/mol. The van der Waals surface area contributed by atoms with Gasteiger partial charge in [-0.05, 0) is 91.1 Å². The topological polar surface area (TPSA) is 250 Å². The fraction of sp³-hybridized carbons (Fsp3) is 0.392. The van der Waals surface area contributed by atoms with Crippen molar-refractivity contribution in [1.29, 1.82) is 0 Å². The molecule has 68 heavy (non-hydrogen) atoms. The fourth-order valence-corrected chi connectivity index (χ4v) is 7.48. The van der Waals surface area contributed by atoms with Gasteiger partial charge in [0, 0.05) is 24.0 Å². The number of aldehydes is 1. The molecule has 5 rings (SSSR count). The standard InChI is InChI=1S/C51H62N8O9/c1-30-41(63)56-49(7,8)46(68)58-51(29-60,28-32-20-24-36(25-21-32)39(61)35-17-12-11-13-18-35)59-50(9,10)45(67)53-31(2)40(62)55-48(5,6)44(66)54-38(42(64)57-47(3,4)43(65)52-30)27-33-22-23-34-16-14-15-19-37(34)26-33/h11-26,29-31,38,59H,27-28H2,1-10H3,(H,52,65)(H,53,67)(H,54,66)(H,55,62)(H,56,63)(H,57,64)(H,58,68). The maximum atomic E-state index is 14.2. The number of carbonyl (C=O) groups excluding carboxylic acids is 9. The van der Waals surface area contributed by atoms with Crippen LogP contribution in [0.2, 0.25) is 0 Å². The first-order valence-electron chi connectivity index (χ1n) is 22.3. The molecule has 0 spiro atoms. The third-order valence-corrected chi connectivity index (χ3v) is 11.7. The number of fused-ring (bicyclic) bond motifs is 1. The molecule has 0 aliphatic carbocycles. The van der Waals surface area contributed by atoms with E-state index >= 15 is 0 Å². The molecule has 1 saturated heterocycles. The van der Waals surface area contributed by atoms with Crippen LogP contribution >= 0.6 is 0 Å². The summed E-state index contributed by atoms with van der Waals surface area (Å²) in [6, 6.07) is 24.3. The van der Waals surface area contributed by atoms with E-state index in [0.29, 0.717) is 28.5 Å². The zero-order chi connectivity index (χ0) is 50.4. The zero-order valence-corrected chi connectivity index (χ0v) is 40.1. The van der Waals surface area contributed by atoms with E-state index in [4.69, 9.17) is 0 Å². The summed E-state index contributed by atoms with van der Waals surface area (Å²) in [4.78, 5) is 124. The Bertz CT molecular complexity index is 2610. The summed E-state index contributed by atoms with van der Waals surface area (Å²) in [5.41, 5.74) is -6.88. The van der Waals surface area contributed by atoms with E-state index < -0.39 is 87.3 Å². The highest BCUT2D eigenvalue weighted by atomic mass is 16.2. The first-order chi connectivity index (χ1) is 31.7. The summed E-state index contributed by atoms with van der Waals surface area (Å²) < 4.78 is 0. The Labute approximate surface area is 396 Å². The lowest BCUT2D eigenvalue weighted by molar-refractivity contribution is -0.139. The number of nitrogens with one attached hydrogen (secondary N) is 8. The molecule has 17 nitrogen and oxygen atoms in total. The van der Waals surface area contributed by atoms with Crippen LogP contribution in [-0.2, 0) is 51.2 Å². The van der Waals surface area contributed by atoms with Crippen LogP contribution in [0.15, 0.2) is 97.1 Å². The van der Waals surface area contributed by atoms with Gasteiger partial charge in [-0.15, -0.1) is 0 Å². The Morgan fingerprint density at radius 1 is 0.500 bits per heavy atom. The van der Waals surface area contributed by atoms with E-state index in [-0.39, 0.29) is 18.6 Å². The second-order valence-electron chi connectivity index (χ2n) is 19.5. The number of benzene rings is 4. The maximum absolute atomic E-state index is 14.2. The SMILES string of the molecule is CC1NC(=O)C(C)(C)NC(=O)C(Cc2ccc3ccccc3c2)NC(=O)C(C)(C)NC(=O)C(C)NC(=O)C(C)(C)NC(C=O)(Cc2ccc(C(=O)c3ccccc3)cc2)NC(=O)C(C)(C)NC1=O. The van der Waals surface area contributed by atoms with E-state index in [1.54, 1.807) is 54.6 Å². The lowest BCUT2D eigenvalue weighted by Gasteiger charge is -2.40.